The fourth-order valence-electron chi connectivity index (χ4n) is 4.09. The highest BCUT2D eigenvalue weighted by Crippen LogP contribution is 2.44. The molecule has 1 aliphatic rings. The third kappa shape index (κ3) is 5.43. The van der Waals surface area contributed by atoms with Crippen LogP contribution in [0.25, 0.3) is 11.1 Å². The molecule has 2 amide bonds. The smallest absolute Gasteiger partial charge is 0.407 e. The predicted molar refractivity (Wildman–Crippen MR) is 128 cm³/mol. The lowest BCUT2D eigenvalue weighted by Gasteiger charge is -2.19. The van der Waals surface area contributed by atoms with Crippen LogP contribution in [0.4, 0.5) is 4.79 Å². The predicted octanol–water partition coefficient (Wildman–Crippen LogP) is 3.84. The third-order valence-corrected chi connectivity index (χ3v) is 6.59. The maximum Gasteiger partial charge on any atom is 0.407 e. The van der Waals surface area contributed by atoms with Crippen LogP contribution < -0.4 is 10.6 Å². The number of nitrogens with zero attached hydrogens (tertiary/aromatic N) is 1. The van der Waals surface area contributed by atoms with Gasteiger partial charge in [0.25, 0.3) is 0 Å². The van der Waals surface area contributed by atoms with Gasteiger partial charge in [0, 0.05) is 23.4 Å². The van der Waals surface area contributed by atoms with Crippen LogP contribution in [0.2, 0.25) is 0 Å². The van der Waals surface area contributed by atoms with Gasteiger partial charge >= 0.3 is 12.1 Å². The summed E-state index contributed by atoms with van der Waals surface area (Å²) in [6.07, 6.45) is 0.626. The zero-order valence-corrected chi connectivity index (χ0v) is 19.4. The van der Waals surface area contributed by atoms with Crippen LogP contribution in [-0.2, 0) is 20.9 Å². The Morgan fingerprint density at radius 2 is 1.74 bits per heavy atom. The number of aryl methyl sites for hydroxylation is 1. The number of carbonyl (C=O) groups excluding carboxylic acids is 2. The molecule has 1 aliphatic carbocycles. The lowest BCUT2D eigenvalue weighted by atomic mass is 9.98. The van der Waals surface area contributed by atoms with E-state index in [4.69, 9.17) is 9.84 Å². The molecular formula is C25H25N3O5S. The summed E-state index contributed by atoms with van der Waals surface area (Å²) in [6.45, 7) is 2.22. The molecule has 34 heavy (non-hydrogen) atoms. The number of carboxylic acid groups (broad SMARTS) is 1. The monoisotopic (exact) mass is 479 g/mol. The summed E-state index contributed by atoms with van der Waals surface area (Å²) in [4.78, 5) is 41.5. The topological polar surface area (TPSA) is 118 Å². The Labute approximate surface area is 201 Å². The minimum atomic E-state index is -1.05. The first kappa shape index (κ1) is 23.4. The molecule has 1 unspecified atom stereocenters. The molecule has 8 nitrogen and oxygen atoms in total. The van der Waals surface area contributed by atoms with E-state index in [0.29, 0.717) is 0 Å². The minimum Gasteiger partial charge on any atom is -0.481 e. The fourth-order valence-corrected chi connectivity index (χ4v) is 4.81. The van der Waals surface area contributed by atoms with E-state index >= 15 is 0 Å². The second-order valence-corrected chi connectivity index (χ2v) is 9.36. The van der Waals surface area contributed by atoms with Crippen molar-refractivity contribution in [1.29, 1.82) is 0 Å². The summed E-state index contributed by atoms with van der Waals surface area (Å²) < 4.78 is 5.51. The highest BCUT2D eigenvalue weighted by Gasteiger charge is 2.30. The van der Waals surface area contributed by atoms with Crippen molar-refractivity contribution >= 4 is 29.3 Å². The molecule has 176 valence electrons. The van der Waals surface area contributed by atoms with E-state index in [0.717, 1.165) is 32.1 Å². The average molecular weight is 480 g/mol. The van der Waals surface area contributed by atoms with Crippen molar-refractivity contribution in [3.05, 3.63) is 75.7 Å². The van der Waals surface area contributed by atoms with Crippen LogP contribution in [0.3, 0.4) is 0 Å². The molecule has 0 saturated heterocycles. The Morgan fingerprint density at radius 1 is 1.09 bits per heavy atom. The van der Waals surface area contributed by atoms with E-state index in [2.05, 4.69) is 15.6 Å². The van der Waals surface area contributed by atoms with E-state index < -0.39 is 24.0 Å². The van der Waals surface area contributed by atoms with Crippen molar-refractivity contribution in [2.24, 2.45) is 0 Å². The number of ether oxygens (including phenoxy) is 1. The number of rotatable bonds is 9. The number of thiazole rings is 1. The molecule has 1 heterocycles. The highest BCUT2D eigenvalue weighted by atomic mass is 32.1. The largest absolute Gasteiger partial charge is 0.481 e. The molecule has 4 rings (SSSR count). The molecule has 0 fully saturated rings. The Kier molecular flexibility index (Phi) is 7.22. The Morgan fingerprint density at radius 3 is 2.32 bits per heavy atom. The third-order valence-electron chi connectivity index (χ3n) is 5.68. The number of aliphatic carboxylic acids is 1. The van der Waals surface area contributed by atoms with E-state index in [1.54, 1.807) is 6.20 Å². The summed E-state index contributed by atoms with van der Waals surface area (Å²) in [5.74, 6) is -1.65. The van der Waals surface area contributed by atoms with Crippen molar-refractivity contribution in [2.45, 2.75) is 38.3 Å². The number of carbonyl (C=O) groups is 3. The molecule has 1 atom stereocenters. The van der Waals surface area contributed by atoms with Crippen LogP contribution in [0.5, 0.6) is 0 Å². The van der Waals surface area contributed by atoms with Gasteiger partial charge in [0.1, 0.15) is 17.7 Å². The number of carboxylic acids is 1. The Balaban J connectivity index is 1.38. The Hall–Kier alpha value is -3.72. The number of benzene rings is 2. The molecule has 0 radical (unpaired) electrons. The van der Waals surface area contributed by atoms with Gasteiger partial charge in [-0.25, -0.2) is 9.78 Å². The van der Waals surface area contributed by atoms with Gasteiger partial charge in [-0.3, -0.25) is 9.59 Å². The molecule has 0 bridgehead atoms. The van der Waals surface area contributed by atoms with Gasteiger partial charge < -0.3 is 20.5 Å². The normalized spacial score (nSPS) is 13.0. The van der Waals surface area contributed by atoms with Crippen molar-refractivity contribution in [3.8, 4) is 11.1 Å². The van der Waals surface area contributed by atoms with Crippen molar-refractivity contribution < 1.29 is 24.2 Å². The van der Waals surface area contributed by atoms with Crippen LogP contribution >= 0.6 is 11.3 Å². The molecule has 2 aromatic carbocycles. The zero-order valence-electron chi connectivity index (χ0n) is 18.6. The van der Waals surface area contributed by atoms with Crippen LogP contribution in [-0.4, -0.2) is 40.7 Å². The SMILES string of the molecule is Cc1cnc(CNC(=O)C(CCC(=O)O)NC(=O)OCC2c3ccccc3-c3ccccc32)s1. The molecule has 0 spiro atoms. The molecular weight excluding hydrogens is 454 g/mol. The van der Waals surface area contributed by atoms with Crippen LogP contribution in [0.1, 0.15) is 39.8 Å². The number of alkyl carbamates (subject to hydrolysis) is 1. The maximum atomic E-state index is 12.7. The standard InChI is InChI=1S/C25H25N3O5S/c1-15-12-26-22(34-15)13-27-24(31)21(10-11-23(29)30)28-25(32)33-14-20-18-8-4-2-6-16(18)17-7-3-5-9-19(17)20/h2-9,12,20-21H,10-11,13-14H2,1H3,(H,27,31)(H,28,32)(H,29,30). The summed E-state index contributed by atoms with van der Waals surface area (Å²) in [7, 11) is 0. The lowest BCUT2D eigenvalue weighted by molar-refractivity contribution is -0.137. The fraction of sp³-hybridized carbons (Fsp3) is 0.280. The van der Waals surface area contributed by atoms with E-state index in [9.17, 15) is 14.4 Å². The van der Waals surface area contributed by atoms with Gasteiger partial charge in [0.15, 0.2) is 0 Å². The van der Waals surface area contributed by atoms with Gasteiger partial charge in [0.2, 0.25) is 5.91 Å². The first-order chi connectivity index (χ1) is 16.4. The number of hydrogen-bond donors (Lipinski definition) is 3. The summed E-state index contributed by atoms with van der Waals surface area (Å²) in [5.41, 5.74) is 4.39. The minimum absolute atomic E-state index is 0.0533. The lowest BCUT2D eigenvalue weighted by Crippen LogP contribution is -2.47. The molecule has 1 aromatic heterocycles. The quantitative estimate of drug-likeness (QED) is 0.429. The average Bonchev–Trinajstić information content (AvgIpc) is 3.39. The van der Waals surface area contributed by atoms with Gasteiger partial charge in [-0.1, -0.05) is 48.5 Å². The number of aromatic nitrogens is 1. The van der Waals surface area contributed by atoms with Crippen molar-refractivity contribution in [3.63, 3.8) is 0 Å². The van der Waals surface area contributed by atoms with Gasteiger partial charge in [-0.15, -0.1) is 11.3 Å². The molecule has 3 aromatic rings. The van der Waals surface area contributed by atoms with Crippen molar-refractivity contribution in [2.75, 3.05) is 6.61 Å². The number of fused-ring (bicyclic) bond motifs is 3. The van der Waals surface area contributed by atoms with E-state index in [1.807, 2.05) is 55.5 Å². The van der Waals surface area contributed by atoms with E-state index in [-0.39, 0.29) is 31.9 Å². The van der Waals surface area contributed by atoms with E-state index in [1.165, 1.54) is 11.3 Å². The zero-order chi connectivity index (χ0) is 24.1. The van der Waals surface area contributed by atoms with Gasteiger partial charge in [-0.05, 0) is 35.6 Å². The van der Waals surface area contributed by atoms with Crippen LogP contribution in [0, 0.1) is 6.92 Å². The molecule has 0 saturated carbocycles. The summed E-state index contributed by atoms with van der Waals surface area (Å²) in [5, 5.41) is 15.0. The molecule has 0 aliphatic heterocycles. The second kappa shape index (κ2) is 10.5. The van der Waals surface area contributed by atoms with Gasteiger partial charge in [-0.2, -0.15) is 0 Å². The molecule has 9 heteroatoms. The molecule has 3 N–H and O–H groups in total. The number of hydrogen-bond acceptors (Lipinski definition) is 6. The summed E-state index contributed by atoms with van der Waals surface area (Å²) in [6, 6.07) is 15.0. The van der Waals surface area contributed by atoms with Gasteiger partial charge in [0.05, 0.1) is 6.54 Å². The van der Waals surface area contributed by atoms with Crippen molar-refractivity contribution in [1.82, 2.24) is 15.6 Å². The second-order valence-electron chi connectivity index (χ2n) is 8.04. The number of nitrogens with one attached hydrogen (secondary N) is 2. The maximum absolute atomic E-state index is 12.7. The van der Waals surface area contributed by atoms with Crippen LogP contribution in [0.15, 0.2) is 54.7 Å². The first-order valence-corrected chi connectivity index (χ1v) is 11.8. The summed E-state index contributed by atoms with van der Waals surface area (Å²) >= 11 is 1.45. The Bertz CT molecular complexity index is 1160. The number of amides is 2. The first-order valence-electron chi connectivity index (χ1n) is 10.9. The highest BCUT2D eigenvalue weighted by molar-refractivity contribution is 7.11.